The fourth-order valence-corrected chi connectivity index (χ4v) is 1.20. The molecule has 0 saturated heterocycles. The van der Waals surface area contributed by atoms with Crippen molar-refractivity contribution in [2.45, 2.75) is 6.23 Å². The van der Waals surface area contributed by atoms with Crippen LogP contribution < -0.4 is 5.73 Å². The van der Waals surface area contributed by atoms with Crippen LogP contribution in [0.3, 0.4) is 0 Å². The number of nitrogens with zero attached hydrogens (tertiary/aromatic N) is 1. The van der Waals surface area contributed by atoms with Crippen molar-refractivity contribution < 1.29 is 14.6 Å². The Kier molecular flexibility index (Phi) is 2.00. The van der Waals surface area contributed by atoms with Gasteiger partial charge in [-0.2, -0.15) is 0 Å². The zero-order valence-electron chi connectivity index (χ0n) is 4.98. The summed E-state index contributed by atoms with van der Waals surface area (Å²) in [6.45, 7) is 0. The normalized spacial score (nSPS) is 24.0. The van der Waals surface area contributed by atoms with E-state index in [9.17, 15) is 4.79 Å². The van der Waals surface area contributed by atoms with Crippen molar-refractivity contribution in [2.24, 2.45) is 10.7 Å². The Morgan fingerprint density at radius 1 is 2.00 bits per heavy atom. The van der Waals surface area contributed by atoms with Crippen LogP contribution in [-0.4, -0.2) is 28.4 Å². The molecule has 3 N–H and O–H groups in total. The van der Waals surface area contributed by atoms with E-state index in [4.69, 9.17) is 10.8 Å². The van der Waals surface area contributed by atoms with Crippen LogP contribution >= 0.6 is 11.8 Å². The first-order valence-corrected chi connectivity index (χ1v) is 3.52. The maximum absolute atomic E-state index is 9.92. The molecule has 0 spiro atoms. The summed E-state index contributed by atoms with van der Waals surface area (Å²) in [5.74, 6) is 0.484. The molecule has 0 aromatic carbocycles. The van der Waals surface area contributed by atoms with Crippen LogP contribution in [0, 0.1) is 0 Å². The molecular weight excluding hydrogens is 156 g/mol. The lowest BCUT2D eigenvalue weighted by Crippen LogP contribution is -2.14. The second-order valence-electron chi connectivity index (χ2n) is 1.62. The van der Waals surface area contributed by atoms with Gasteiger partial charge in [0, 0.05) is 0 Å². The van der Waals surface area contributed by atoms with Crippen molar-refractivity contribution in [3.8, 4) is 0 Å². The Balaban J connectivity index is 2.38. The number of carboxylic acid groups (broad SMARTS) is 1. The molecule has 0 radical (unpaired) electrons. The van der Waals surface area contributed by atoms with Gasteiger partial charge in [-0.1, -0.05) is 11.8 Å². The van der Waals surface area contributed by atoms with Gasteiger partial charge in [0.15, 0.2) is 5.17 Å². The molecule has 0 fully saturated rings. The van der Waals surface area contributed by atoms with Crippen molar-refractivity contribution in [3.63, 3.8) is 0 Å². The summed E-state index contributed by atoms with van der Waals surface area (Å²) >= 11 is 1.29. The highest BCUT2D eigenvalue weighted by Crippen LogP contribution is 2.15. The number of rotatable bonds is 1. The van der Waals surface area contributed by atoms with E-state index in [1.165, 1.54) is 11.8 Å². The van der Waals surface area contributed by atoms with E-state index in [1.807, 2.05) is 0 Å². The number of ether oxygens (including phenoxy) is 1. The molecule has 0 bridgehead atoms. The zero-order chi connectivity index (χ0) is 7.56. The standard InChI is InChI=1S/C4H6N2O3S/c5-3-6-2(1-10-3)9-4(7)8/h2H,1H2,(H2,5,6)(H,7,8). The Labute approximate surface area is 61.3 Å². The fourth-order valence-electron chi connectivity index (χ4n) is 0.550. The smallest absolute Gasteiger partial charge is 0.450 e. The van der Waals surface area contributed by atoms with E-state index in [0.29, 0.717) is 10.9 Å². The summed E-state index contributed by atoms with van der Waals surface area (Å²) in [5.41, 5.74) is 5.24. The molecular formula is C4H6N2O3S. The topological polar surface area (TPSA) is 84.9 Å². The Hall–Kier alpha value is -0.910. The van der Waals surface area contributed by atoms with Crippen LogP contribution in [0.1, 0.15) is 0 Å². The number of amidine groups is 1. The highest BCUT2D eigenvalue weighted by molar-refractivity contribution is 8.14. The van der Waals surface area contributed by atoms with Crippen molar-refractivity contribution in [2.75, 3.05) is 5.75 Å². The summed E-state index contributed by atoms with van der Waals surface area (Å²) in [4.78, 5) is 13.6. The number of carbonyl (C=O) groups is 1. The minimum atomic E-state index is -1.32. The lowest BCUT2D eigenvalue weighted by atomic mass is 10.7. The summed E-state index contributed by atoms with van der Waals surface area (Å²) < 4.78 is 4.31. The third kappa shape index (κ3) is 1.80. The molecule has 1 aliphatic heterocycles. The highest BCUT2D eigenvalue weighted by atomic mass is 32.2. The summed E-state index contributed by atoms with van der Waals surface area (Å²) in [5, 5.41) is 8.50. The largest absolute Gasteiger partial charge is 0.507 e. The number of aliphatic imine (C=N–C) groups is 1. The minimum absolute atomic E-state index is 0.381. The van der Waals surface area contributed by atoms with Gasteiger partial charge in [0.2, 0.25) is 6.23 Å². The molecule has 1 aliphatic rings. The van der Waals surface area contributed by atoms with Gasteiger partial charge < -0.3 is 15.6 Å². The fraction of sp³-hybridized carbons (Fsp3) is 0.500. The van der Waals surface area contributed by atoms with Crippen molar-refractivity contribution in [3.05, 3.63) is 0 Å². The van der Waals surface area contributed by atoms with Gasteiger partial charge in [0.25, 0.3) is 0 Å². The van der Waals surface area contributed by atoms with Crippen LogP contribution in [0.2, 0.25) is 0 Å². The monoisotopic (exact) mass is 162 g/mol. The van der Waals surface area contributed by atoms with Crippen LogP contribution in [0.25, 0.3) is 0 Å². The average Bonchev–Trinajstić information content (AvgIpc) is 2.13. The molecule has 0 amide bonds. The van der Waals surface area contributed by atoms with Crippen molar-refractivity contribution in [1.29, 1.82) is 0 Å². The first-order valence-electron chi connectivity index (χ1n) is 2.54. The molecule has 0 saturated carbocycles. The first-order chi connectivity index (χ1) is 4.68. The Morgan fingerprint density at radius 2 is 2.70 bits per heavy atom. The van der Waals surface area contributed by atoms with E-state index < -0.39 is 12.4 Å². The lowest BCUT2D eigenvalue weighted by Gasteiger charge is -2.01. The number of hydrogen-bond acceptors (Lipinski definition) is 5. The molecule has 6 heteroatoms. The van der Waals surface area contributed by atoms with Gasteiger partial charge in [0.1, 0.15) is 0 Å². The van der Waals surface area contributed by atoms with Gasteiger partial charge in [-0.3, -0.25) is 0 Å². The maximum Gasteiger partial charge on any atom is 0.507 e. The molecule has 0 aromatic rings. The molecule has 0 aliphatic carbocycles. The summed E-state index contributed by atoms with van der Waals surface area (Å²) in [6.07, 6.45) is -1.92. The molecule has 1 atom stereocenters. The van der Waals surface area contributed by atoms with E-state index >= 15 is 0 Å². The zero-order valence-corrected chi connectivity index (χ0v) is 5.80. The third-order valence-corrected chi connectivity index (χ3v) is 1.73. The van der Waals surface area contributed by atoms with Crippen LogP contribution in [0.5, 0.6) is 0 Å². The van der Waals surface area contributed by atoms with Gasteiger partial charge >= 0.3 is 6.16 Å². The molecule has 1 unspecified atom stereocenters. The van der Waals surface area contributed by atoms with E-state index in [1.54, 1.807) is 0 Å². The van der Waals surface area contributed by atoms with Gasteiger partial charge in [0.05, 0.1) is 5.75 Å². The molecule has 56 valence electrons. The maximum atomic E-state index is 9.92. The predicted molar refractivity (Wildman–Crippen MR) is 37.0 cm³/mol. The first kappa shape index (κ1) is 7.20. The third-order valence-electron chi connectivity index (χ3n) is 0.882. The van der Waals surface area contributed by atoms with Crippen molar-refractivity contribution >= 4 is 23.1 Å². The Bertz CT molecular complexity index is 181. The molecule has 1 heterocycles. The average molecular weight is 162 g/mol. The lowest BCUT2D eigenvalue weighted by molar-refractivity contribution is 0.0651. The highest BCUT2D eigenvalue weighted by Gasteiger charge is 2.19. The van der Waals surface area contributed by atoms with E-state index in [0.717, 1.165) is 0 Å². The quantitative estimate of drug-likeness (QED) is 0.533. The summed E-state index contributed by atoms with van der Waals surface area (Å²) in [7, 11) is 0. The SMILES string of the molecule is NC1=NC(OC(=O)O)CS1. The second kappa shape index (κ2) is 2.78. The van der Waals surface area contributed by atoms with Gasteiger partial charge in [-0.15, -0.1) is 0 Å². The van der Waals surface area contributed by atoms with E-state index in [-0.39, 0.29) is 0 Å². The minimum Gasteiger partial charge on any atom is -0.450 e. The van der Waals surface area contributed by atoms with Crippen molar-refractivity contribution in [1.82, 2.24) is 0 Å². The van der Waals surface area contributed by atoms with Gasteiger partial charge in [-0.05, 0) is 0 Å². The molecule has 5 nitrogen and oxygen atoms in total. The summed E-state index contributed by atoms with van der Waals surface area (Å²) in [6, 6.07) is 0. The van der Waals surface area contributed by atoms with Crippen LogP contribution in [-0.2, 0) is 4.74 Å². The number of hydrogen-bond donors (Lipinski definition) is 2. The molecule has 0 aromatic heterocycles. The van der Waals surface area contributed by atoms with Crippen LogP contribution in [0.4, 0.5) is 4.79 Å². The predicted octanol–water partition coefficient (Wildman–Crippen LogP) is 0.0686. The number of nitrogens with two attached hydrogens (primary N) is 1. The number of thioether (sulfide) groups is 1. The Morgan fingerprint density at radius 3 is 3.10 bits per heavy atom. The second-order valence-corrected chi connectivity index (χ2v) is 2.66. The van der Waals surface area contributed by atoms with Crippen LogP contribution in [0.15, 0.2) is 4.99 Å². The van der Waals surface area contributed by atoms with Gasteiger partial charge in [-0.25, -0.2) is 9.79 Å². The molecule has 10 heavy (non-hydrogen) atoms. The van der Waals surface area contributed by atoms with E-state index in [2.05, 4.69) is 9.73 Å². The molecule has 1 rings (SSSR count).